The Labute approximate surface area is 77.3 Å². The van der Waals surface area contributed by atoms with Crippen LogP contribution in [0.4, 0.5) is 0 Å². The summed E-state index contributed by atoms with van der Waals surface area (Å²) in [6, 6.07) is 7.68. The van der Waals surface area contributed by atoms with Crippen LogP contribution >= 0.6 is 11.6 Å². The van der Waals surface area contributed by atoms with Crippen LogP contribution in [0.5, 0.6) is 0 Å². The maximum Gasteiger partial charge on any atom is 0.274 e. The molecule has 1 rings (SSSR count). The zero-order chi connectivity index (χ0) is 8.97. The van der Waals surface area contributed by atoms with Gasteiger partial charge in [0.2, 0.25) is 0 Å². The molecule has 0 bridgehead atoms. The first-order valence-corrected chi connectivity index (χ1v) is 4.14. The third-order valence-corrected chi connectivity index (χ3v) is 1.85. The molecule has 3 heteroatoms. The van der Waals surface area contributed by atoms with E-state index in [0.717, 1.165) is 16.4 Å². The van der Waals surface area contributed by atoms with Gasteiger partial charge in [0, 0.05) is 5.02 Å². The maximum absolute atomic E-state index is 5.83. The molecule has 0 amide bonds. The van der Waals surface area contributed by atoms with E-state index >= 15 is 0 Å². The molecule has 0 aliphatic heterocycles. The summed E-state index contributed by atoms with van der Waals surface area (Å²) in [6.07, 6.45) is 0. The van der Waals surface area contributed by atoms with Crippen molar-refractivity contribution in [2.24, 2.45) is 0 Å². The van der Waals surface area contributed by atoms with Gasteiger partial charge in [-0.3, -0.25) is 10.3 Å². The first kappa shape index (κ1) is 9.07. The Morgan fingerprint density at radius 2 is 2.25 bits per heavy atom. The fourth-order valence-corrected chi connectivity index (χ4v) is 1.25. The maximum atomic E-state index is 5.83. The molecule has 0 unspecified atom stereocenters. The molecule has 64 valence electrons. The van der Waals surface area contributed by atoms with Gasteiger partial charge in [-0.25, -0.2) is 0 Å². The van der Waals surface area contributed by atoms with E-state index in [-0.39, 0.29) is 0 Å². The molecule has 12 heavy (non-hydrogen) atoms. The van der Waals surface area contributed by atoms with E-state index in [9.17, 15) is 0 Å². The van der Waals surface area contributed by atoms with Crippen molar-refractivity contribution in [2.75, 3.05) is 14.1 Å². The second kappa shape index (κ2) is 4.12. The summed E-state index contributed by atoms with van der Waals surface area (Å²) in [5.74, 6) is 0.970. The van der Waals surface area contributed by atoms with Crippen LogP contribution in [-0.4, -0.2) is 19.9 Å². The molecule has 0 aliphatic rings. The van der Waals surface area contributed by atoms with Crippen LogP contribution in [0, 0.1) is 0 Å². The average Bonchev–Trinajstić information content (AvgIpc) is 2.07. The Morgan fingerprint density at radius 3 is 2.75 bits per heavy atom. The summed E-state index contributed by atoms with van der Waals surface area (Å²) in [5.41, 5.74) is 1.06. The summed E-state index contributed by atoms with van der Waals surface area (Å²) >= 11 is 5.83. The molecule has 2 N–H and O–H groups in total. The zero-order valence-corrected chi connectivity index (χ0v) is 7.94. The SMILES string of the molecule is CNC(=[NH+]C)c1cccc(Cl)c1. The molecule has 1 aromatic carbocycles. The predicted molar refractivity (Wildman–Crippen MR) is 51.5 cm³/mol. The molecular formula is C9H12ClN2+. The van der Waals surface area contributed by atoms with Crippen LogP contribution in [-0.2, 0) is 0 Å². The Kier molecular flexibility index (Phi) is 3.11. The topological polar surface area (TPSA) is 26.0 Å². The van der Waals surface area contributed by atoms with Crippen molar-refractivity contribution in [1.82, 2.24) is 5.32 Å². The van der Waals surface area contributed by atoms with E-state index in [1.54, 1.807) is 0 Å². The smallest absolute Gasteiger partial charge is 0.274 e. The van der Waals surface area contributed by atoms with E-state index in [1.165, 1.54) is 0 Å². The minimum absolute atomic E-state index is 0.746. The fourth-order valence-electron chi connectivity index (χ4n) is 1.06. The number of hydrogen-bond donors (Lipinski definition) is 2. The number of rotatable bonds is 1. The summed E-state index contributed by atoms with van der Waals surface area (Å²) in [5, 5.41) is 3.79. The Morgan fingerprint density at radius 1 is 1.50 bits per heavy atom. The second-order valence-corrected chi connectivity index (χ2v) is 2.82. The quantitative estimate of drug-likeness (QED) is 0.466. The third-order valence-electron chi connectivity index (χ3n) is 1.61. The molecule has 0 saturated carbocycles. The van der Waals surface area contributed by atoms with E-state index < -0.39 is 0 Å². The second-order valence-electron chi connectivity index (χ2n) is 2.39. The van der Waals surface area contributed by atoms with Gasteiger partial charge >= 0.3 is 0 Å². The average molecular weight is 184 g/mol. The van der Waals surface area contributed by atoms with Gasteiger partial charge in [-0.2, -0.15) is 0 Å². The van der Waals surface area contributed by atoms with Crippen molar-refractivity contribution in [3.8, 4) is 0 Å². The highest BCUT2D eigenvalue weighted by molar-refractivity contribution is 6.30. The first-order chi connectivity index (χ1) is 5.77. The lowest BCUT2D eigenvalue weighted by atomic mass is 10.2. The molecule has 2 nitrogen and oxygen atoms in total. The molecule has 0 radical (unpaired) electrons. The summed E-state index contributed by atoms with van der Waals surface area (Å²) < 4.78 is 0. The lowest BCUT2D eigenvalue weighted by molar-refractivity contribution is -0.421. The zero-order valence-electron chi connectivity index (χ0n) is 7.19. The molecule has 0 heterocycles. The van der Waals surface area contributed by atoms with Gasteiger partial charge in [0.05, 0.1) is 19.7 Å². The summed E-state index contributed by atoms with van der Waals surface area (Å²) in [7, 11) is 3.74. The lowest BCUT2D eigenvalue weighted by Crippen LogP contribution is -2.71. The van der Waals surface area contributed by atoms with Crippen molar-refractivity contribution in [3.05, 3.63) is 34.9 Å². The standard InChI is InChI=1S/C9H11ClN2/c1-11-9(12-2)7-4-3-5-8(10)6-7/h3-6H,1-2H3,(H,11,12)/p+1. The molecular weight excluding hydrogens is 172 g/mol. The Balaban J connectivity index is 3.02. The lowest BCUT2D eigenvalue weighted by Gasteiger charge is -1.98. The number of halogens is 1. The van der Waals surface area contributed by atoms with Gasteiger partial charge in [0.25, 0.3) is 5.84 Å². The molecule has 0 fully saturated rings. The molecule has 0 spiro atoms. The van der Waals surface area contributed by atoms with Crippen molar-refractivity contribution in [3.63, 3.8) is 0 Å². The largest absolute Gasteiger partial charge is 0.277 e. The van der Waals surface area contributed by atoms with E-state index in [1.807, 2.05) is 38.4 Å². The van der Waals surface area contributed by atoms with Crippen LogP contribution < -0.4 is 10.3 Å². The van der Waals surface area contributed by atoms with Gasteiger partial charge in [0.1, 0.15) is 0 Å². The van der Waals surface area contributed by atoms with Crippen LogP contribution in [0.3, 0.4) is 0 Å². The van der Waals surface area contributed by atoms with Crippen LogP contribution in [0.15, 0.2) is 24.3 Å². The van der Waals surface area contributed by atoms with Gasteiger partial charge in [-0.15, -0.1) is 0 Å². The molecule has 0 saturated heterocycles. The number of amidine groups is 1. The highest BCUT2D eigenvalue weighted by Gasteiger charge is 2.04. The van der Waals surface area contributed by atoms with E-state index in [4.69, 9.17) is 11.6 Å². The highest BCUT2D eigenvalue weighted by atomic mass is 35.5. The summed E-state index contributed by atoms with van der Waals surface area (Å²) in [6.45, 7) is 0. The van der Waals surface area contributed by atoms with Gasteiger partial charge in [-0.05, 0) is 18.2 Å². The Hall–Kier alpha value is -1.02. The number of nitrogens with one attached hydrogen (secondary N) is 2. The number of hydrogen-bond acceptors (Lipinski definition) is 0. The van der Waals surface area contributed by atoms with Gasteiger partial charge in [-0.1, -0.05) is 17.7 Å². The van der Waals surface area contributed by atoms with Crippen LogP contribution in [0.2, 0.25) is 5.02 Å². The first-order valence-electron chi connectivity index (χ1n) is 3.76. The predicted octanol–water partition coefficient (Wildman–Crippen LogP) is 0.0164. The highest BCUT2D eigenvalue weighted by Crippen LogP contribution is 2.09. The van der Waals surface area contributed by atoms with Crippen LogP contribution in [0.1, 0.15) is 5.56 Å². The number of benzene rings is 1. The van der Waals surface area contributed by atoms with E-state index in [0.29, 0.717) is 0 Å². The Bertz CT molecular complexity index is 294. The molecule has 0 aromatic heterocycles. The molecule has 0 aliphatic carbocycles. The molecule has 0 atom stereocenters. The normalized spacial score (nSPS) is 11.4. The fraction of sp³-hybridized carbons (Fsp3) is 0.222. The minimum Gasteiger partial charge on any atom is -0.277 e. The third kappa shape index (κ3) is 1.98. The monoisotopic (exact) mass is 183 g/mol. The van der Waals surface area contributed by atoms with Crippen molar-refractivity contribution in [1.29, 1.82) is 0 Å². The molecule has 1 aromatic rings. The van der Waals surface area contributed by atoms with E-state index in [2.05, 4.69) is 10.3 Å². The summed E-state index contributed by atoms with van der Waals surface area (Å²) in [4.78, 5) is 3.04. The van der Waals surface area contributed by atoms with Crippen molar-refractivity contribution >= 4 is 17.4 Å². The van der Waals surface area contributed by atoms with Crippen molar-refractivity contribution < 1.29 is 4.99 Å². The van der Waals surface area contributed by atoms with Gasteiger partial charge in [0.15, 0.2) is 0 Å². The van der Waals surface area contributed by atoms with Gasteiger partial charge < -0.3 is 0 Å². The minimum atomic E-state index is 0.746. The van der Waals surface area contributed by atoms with Crippen LogP contribution in [0.25, 0.3) is 0 Å². The van der Waals surface area contributed by atoms with Crippen molar-refractivity contribution in [2.45, 2.75) is 0 Å².